The Hall–Kier alpha value is -0.890. The molecule has 0 fully saturated rings. The molecule has 1 aliphatic rings. The second-order valence-corrected chi connectivity index (χ2v) is 3.00. The number of hydrogen-bond acceptors (Lipinski definition) is 2. The third kappa shape index (κ3) is 1.34. The van der Waals surface area contributed by atoms with Crippen molar-refractivity contribution in [3.05, 3.63) is 23.8 Å². The molecule has 0 radical (unpaired) electrons. The highest BCUT2D eigenvalue weighted by atomic mass is 35.5. The molecule has 0 N–H and O–H groups in total. The smallest absolute Gasteiger partial charge is 0.231 e. The van der Waals surface area contributed by atoms with Crippen LogP contribution in [0.3, 0.4) is 0 Å². The zero-order chi connectivity index (χ0) is 8.39. The van der Waals surface area contributed by atoms with E-state index in [4.69, 9.17) is 21.1 Å². The fourth-order valence-corrected chi connectivity index (χ4v) is 1.42. The Morgan fingerprint density at radius 3 is 2.92 bits per heavy atom. The van der Waals surface area contributed by atoms with Crippen LogP contribution in [-0.4, -0.2) is 12.7 Å². The van der Waals surface area contributed by atoms with Gasteiger partial charge in [0.05, 0.1) is 0 Å². The third-order valence-electron chi connectivity index (χ3n) is 1.82. The molecule has 0 spiro atoms. The van der Waals surface area contributed by atoms with Crippen molar-refractivity contribution in [2.24, 2.45) is 0 Å². The lowest BCUT2D eigenvalue weighted by Crippen LogP contribution is -1.93. The summed E-state index contributed by atoms with van der Waals surface area (Å²) in [6, 6.07) is 5.91. The quantitative estimate of drug-likeness (QED) is 0.656. The second kappa shape index (κ2) is 3.23. The first-order chi connectivity index (χ1) is 5.90. The number of halogens is 1. The number of hydrogen-bond donors (Lipinski definition) is 0. The normalized spacial score (nSPS) is 13.4. The first-order valence-electron chi connectivity index (χ1n) is 3.84. The third-order valence-corrected chi connectivity index (χ3v) is 2.01. The number of ether oxygens (including phenoxy) is 2. The lowest BCUT2D eigenvalue weighted by atomic mass is 10.1. The zero-order valence-electron chi connectivity index (χ0n) is 6.55. The predicted octanol–water partition coefficient (Wildman–Crippen LogP) is 2.20. The minimum atomic E-state index is 0.333. The largest absolute Gasteiger partial charge is 0.454 e. The van der Waals surface area contributed by atoms with E-state index in [9.17, 15) is 0 Å². The molecular weight excluding hydrogens is 176 g/mol. The average Bonchev–Trinajstić information content (AvgIpc) is 2.51. The van der Waals surface area contributed by atoms with Crippen LogP contribution in [0.1, 0.15) is 5.56 Å². The summed E-state index contributed by atoms with van der Waals surface area (Å²) in [6.45, 7) is 0.333. The molecule has 1 aromatic carbocycles. The lowest BCUT2D eigenvalue weighted by molar-refractivity contribution is 0.174. The van der Waals surface area contributed by atoms with E-state index < -0.39 is 0 Å². The van der Waals surface area contributed by atoms with Gasteiger partial charge in [-0.15, -0.1) is 11.6 Å². The highest BCUT2D eigenvalue weighted by Crippen LogP contribution is 2.32. The Labute approximate surface area is 76.1 Å². The molecule has 0 aromatic heterocycles. The van der Waals surface area contributed by atoms with Crippen molar-refractivity contribution in [2.45, 2.75) is 6.42 Å². The molecule has 0 unspecified atom stereocenters. The Morgan fingerprint density at radius 1 is 1.25 bits per heavy atom. The van der Waals surface area contributed by atoms with Crippen LogP contribution in [0.2, 0.25) is 0 Å². The molecular formula is C9H9ClO2. The summed E-state index contributed by atoms with van der Waals surface area (Å²) >= 11 is 5.61. The fourth-order valence-electron chi connectivity index (χ4n) is 1.21. The maximum atomic E-state index is 5.61. The highest BCUT2D eigenvalue weighted by molar-refractivity contribution is 6.17. The molecule has 1 heterocycles. The summed E-state index contributed by atoms with van der Waals surface area (Å²) in [5.41, 5.74) is 1.19. The Balaban J connectivity index is 2.26. The monoisotopic (exact) mass is 184 g/mol. The van der Waals surface area contributed by atoms with Crippen LogP contribution in [-0.2, 0) is 6.42 Å². The average molecular weight is 185 g/mol. The van der Waals surface area contributed by atoms with Crippen molar-refractivity contribution < 1.29 is 9.47 Å². The minimum Gasteiger partial charge on any atom is -0.454 e. The number of aryl methyl sites for hydroxylation is 1. The van der Waals surface area contributed by atoms with Gasteiger partial charge in [0.2, 0.25) is 6.79 Å². The Bertz CT molecular complexity index is 286. The standard InChI is InChI=1S/C9H9ClO2/c10-4-3-7-1-2-8-9(5-7)12-6-11-8/h1-2,5H,3-4,6H2. The van der Waals surface area contributed by atoms with E-state index in [0.717, 1.165) is 17.9 Å². The van der Waals surface area contributed by atoms with E-state index in [1.54, 1.807) is 0 Å². The summed E-state index contributed by atoms with van der Waals surface area (Å²) < 4.78 is 10.4. The summed E-state index contributed by atoms with van der Waals surface area (Å²) in [5.74, 6) is 2.30. The number of alkyl halides is 1. The first kappa shape index (κ1) is 7.74. The Morgan fingerprint density at radius 2 is 2.08 bits per heavy atom. The van der Waals surface area contributed by atoms with E-state index in [1.807, 2.05) is 18.2 Å². The SMILES string of the molecule is ClCCc1ccc2c(c1)OCO2. The van der Waals surface area contributed by atoms with Crippen molar-refractivity contribution >= 4 is 11.6 Å². The van der Waals surface area contributed by atoms with Crippen molar-refractivity contribution in [2.75, 3.05) is 12.7 Å². The molecule has 2 rings (SSSR count). The van der Waals surface area contributed by atoms with E-state index in [2.05, 4.69) is 0 Å². The van der Waals surface area contributed by atoms with Gasteiger partial charge in [0.15, 0.2) is 11.5 Å². The van der Waals surface area contributed by atoms with Gasteiger partial charge in [0, 0.05) is 5.88 Å². The number of rotatable bonds is 2. The topological polar surface area (TPSA) is 18.5 Å². The lowest BCUT2D eigenvalue weighted by Gasteiger charge is -1.99. The van der Waals surface area contributed by atoms with Crippen LogP contribution in [0.25, 0.3) is 0 Å². The summed E-state index contributed by atoms with van der Waals surface area (Å²) in [5, 5.41) is 0. The van der Waals surface area contributed by atoms with Gasteiger partial charge in [-0.25, -0.2) is 0 Å². The van der Waals surface area contributed by atoms with Crippen LogP contribution < -0.4 is 9.47 Å². The summed E-state index contributed by atoms with van der Waals surface area (Å²) in [4.78, 5) is 0. The van der Waals surface area contributed by atoms with E-state index >= 15 is 0 Å². The van der Waals surface area contributed by atoms with Crippen LogP contribution >= 0.6 is 11.6 Å². The molecule has 2 nitrogen and oxygen atoms in total. The maximum Gasteiger partial charge on any atom is 0.231 e. The van der Waals surface area contributed by atoms with Crippen molar-refractivity contribution in [3.63, 3.8) is 0 Å². The molecule has 0 amide bonds. The molecule has 1 aromatic rings. The molecule has 1 aliphatic heterocycles. The molecule has 64 valence electrons. The molecule has 0 aliphatic carbocycles. The van der Waals surface area contributed by atoms with Gasteiger partial charge < -0.3 is 9.47 Å². The number of benzene rings is 1. The van der Waals surface area contributed by atoms with Gasteiger partial charge in [-0.2, -0.15) is 0 Å². The van der Waals surface area contributed by atoms with Crippen LogP contribution in [0.5, 0.6) is 11.5 Å². The van der Waals surface area contributed by atoms with Crippen LogP contribution in [0.4, 0.5) is 0 Å². The van der Waals surface area contributed by atoms with E-state index in [0.29, 0.717) is 12.7 Å². The van der Waals surface area contributed by atoms with Crippen LogP contribution in [0, 0.1) is 0 Å². The van der Waals surface area contributed by atoms with Crippen molar-refractivity contribution in [3.8, 4) is 11.5 Å². The van der Waals surface area contributed by atoms with Gasteiger partial charge in [0.25, 0.3) is 0 Å². The van der Waals surface area contributed by atoms with Gasteiger partial charge in [0.1, 0.15) is 0 Å². The van der Waals surface area contributed by atoms with Gasteiger partial charge in [-0.05, 0) is 24.1 Å². The molecule has 3 heteroatoms. The summed E-state index contributed by atoms with van der Waals surface area (Å²) in [6.07, 6.45) is 0.873. The number of fused-ring (bicyclic) bond motifs is 1. The van der Waals surface area contributed by atoms with E-state index in [1.165, 1.54) is 5.56 Å². The summed E-state index contributed by atoms with van der Waals surface area (Å²) in [7, 11) is 0. The van der Waals surface area contributed by atoms with E-state index in [-0.39, 0.29) is 0 Å². The van der Waals surface area contributed by atoms with Gasteiger partial charge in [-0.1, -0.05) is 6.07 Å². The molecule has 0 atom stereocenters. The predicted molar refractivity (Wildman–Crippen MR) is 47.0 cm³/mol. The van der Waals surface area contributed by atoms with Gasteiger partial charge >= 0.3 is 0 Å². The van der Waals surface area contributed by atoms with Crippen molar-refractivity contribution in [1.82, 2.24) is 0 Å². The highest BCUT2D eigenvalue weighted by Gasteiger charge is 2.12. The minimum absolute atomic E-state index is 0.333. The fraction of sp³-hybridized carbons (Fsp3) is 0.333. The van der Waals surface area contributed by atoms with Crippen molar-refractivity contribution in [1.29, 1.82) is 0 Å². The van der Waals surface area contributed by atoms with Gasteiger partial charge in [-0.3, -0.25) is 0 Å². The Kier molecular flexibility index (Phi) is 2.09. The first-order valence-corrected chi connectivity index (χ1v) is 4.38. The van der Waals surface area contributed by atoms with Crippen LogP contribution in [0.15, 0.2) is 18.2 Å². The maximum absolute atomic E-state index is 5.61. The second-order valence-electron chi connectivity index (χ2n) is 2.63. The molecule has 0 saturated carbocycles. The molecule has 0 bridgehead atoms. The molecule has 0 saturated heterocycles. The molecule has 12 heavy (non-hydrogen) atoms. The zero-order valence-corrected chi connectivity index (χ0v) is 7.30.